The fourth-order valence-electron chi connectivity index (χ4n) is 2.92. The van der Waals surface area contributed by atoms with Crippen molar-refractivity contribution >= 4 is 10.1 Å². The maximum atomic E-state index is 11.4. The molecular weight excluding hydrogens is 296 g/mol. The third-order valence-electron chi connectivity index (χ3n) is 4.43. The Morgan fingerprint density at radius 3 is 1.36 bits per heavy atom. The average molecular weight is 335 g/mol. The number of unbranched alkanes of at least 4 members (excludes halogenated alkanes) is 11. The van der Waals surface area contributed by atoms with Crippen LogP contribution in [0.4, 0.5) is 0 Å². The first-order valence-electron chi connectivity index (χ1n) is 9.48. The minimum absolute atomic E-state index is 0.534. The van der Waals surface area contributed by atoms with Crippen LogP contribution in [0.25, 0.3) is 0 Å². The molecule has 0 aliphatic carbocycles. The average Bonchev–Trinajstić information content (AvgIpc) is 2.46. The minimum Gasteiger partial charge on any atom is -0.285 e. The first-order chi connectivity index (χ1) is 10.5. The van der Waals surface area contributed by atoms with E-state index in [2.05, 4.69) is 13.8 Å². The molecule has 1 atom stereocenters. The summed E-state index contributed by atoms with van der Waals surface area (Å²) in [4.78, 5) is 0. The van der Waals surface area contributed by atoms with Crippen LogP contribution in [0.15, 0.2) is 0 Å². The summed E-state index contributed by atoms with van der Waals surface area (Å²) in [5, 5.41) is -0.534. The van der Waals surface area contributed by atoms with Crippen molar-refractivity contribution in [2.75, 3.05) is 0 Å². The van der Waals surface area contributed by atoms with Gasteiger partial charge in [-0.1, -0.05) is 97.3 Å². The highest BCUT2D eigenvalue weighted by atomic mass is 32.2. The number of rotatable bonds is 16. The molecule has 0 aliphatic heterocycles. The highest BCUT2D eigenvalue weighted by Crippen LogP contribution is 2.18. The van der Waals surface area contributed by atoms with Crippen LogP contribution in [0.5, 0.6) is 0 Å². The molecular formula is C18H38O3S. The third-order valence-corrected chi connectivity index (χ3v) is 5.74. The van der Waals surface area contributed by atoms with Gasteiger partial charge in [0.1, 0.15) is 0 Å². The Balaban J connectivity index is 3.59. The molecule has 0 rings (SSSR count). The summed E-state index contributed by atoms with van der Waals surface area (Å²) >= 11 is 0. The van der Waals surface area contributed by atoms with E-state index in [1.807, 2.05) is 0 Å². The molecule has 0 fully saturated rings. The van der Waals surface area contributed by atoms with Crippen molar-refractivity contribution in [1.82, 2.24) is 0 Å². The maximum Gasteiger partial charge on any atom is 0.267 e. The molecule has 134 valence electrons. The van der Waals surface area contributed by atoms with Gasteiger partial charge in [0.15, 0.2) is 0 Å². The Morgan fingerprint density at radius 2 is 0.955 bits per heavy atom. The summed E-state index contributed by atoms with van der Waals surface area (Å²) in [6.45, 7) is 4.34. The summed E-state index contributed by atoms with van der Waals surface area (Å²) in [5.74, 6) is 0. The van der Waals surface area contributed by atoms with Crippen LogP contribution in [-0.4, -0.2) is 18.2 Å². The Bertz CT molecular complexity index is 325. The molecule has 0 radical (unpaired) electrons. The SMILES string of the molecule is CCCCCCCCCCCCC(CCCCC)S(=O)(=O)O. The molecule has 0 spiro atoms. The van der Waals surface area contributed by atoms with E-state index in [0.717, 1.165) is 32.1 Å². The zero-order chi connectivity index (χ0) is 16.7. The van der Waals surface area contributed by atoms with Crippen molar-refractivity contribution in [2.24, 2.45) is 0 Å². The summed E-state index contributed by atoms with van der Waals surface area (Å²) in [6, 6.07) is 0. The van der Waals surface area contributed by atoms with Gasteiger partial charge in [-0.15, -0.1) is 0 Å². The third kappa shape index (κ3) is 13.6. The summed E-state index contributed by atoms with van der Waals surface area (Å²) in [5.41, 5.74) is 0. The van der Waals surface area contributed by atoms with Gasteiger partial charge in [0.2, 0.25) is 0 Å². The highest BCUT2D eigenvalue weighted by Gasteiger charge is 2.21. The largest absolute Gasteiger partial charge is 0.285 e. The molecule has 0 saturated heterocycles. The molecule has 0 aromatic heterocycles. The molecule has 3 nitrogen and oxygen atoms in total. The molecule has 0 aromatic rings. The van der Waals surface area contributed by atoms with Crippen LogP contribution < -0.4 is 0 Å². The van der Waals surface area contributed by atoms with Crippen molar-refractivity contribution in [3.8, 4) is 0 Å². The predicted octanol–water partition coefficient (Wildman–Crippen LogP) is 6.13. The molecule has 0 bridgehead atoms. The first kappa shape index (κ1) is 21.9. The van der Waals surface area contributed by atoms with E-state index < -0.39 is 15.4 Å². The van der Waals surface area contributed by atoms with E-state index in [-0.39, 0.29) is 0 Å². The van der Waals surface area contributed by atoms with Gasteiger partial charge in [-0.3, -0.25) is 4.55 Å². The summed E-state index contributed by atoms with van der Waals surface area (Å²) in [7, 11) is -3.86. The summed E-state index contributed by atoms with van der Waals surface area (Å²) < 4.78 is 32.0. The standard InChI is InChI=1S/C18H38O3S/c1-3-5-7-8-9-10-11-12-13-15-17-18(22(19,20)21)16-14-6-4-2/h18H,3-17H2,1-2H3,(H,19,20,21). The molecule has 0 saturated carbocycles. The van der Waals surface area contributed by atoms with Gasteiger partial charge in [-0.05, 0) is 12.8 Å². The van der Waals surface area contributed by atoms with Crippen molar-refractivity contribution in [3.05, 3.63) is 0 Å². The zero-order valence-electron chi connectivity index (χ0n) is 14.9. The first-order valence-corrected chi connectivity index (χ1v) is 11.0. The van der Waals surface area contributed by atoms with Crippen LogP contribution >= 0.6 is 0 Å². The van der Waals surface area contributed by atoms with Gasteiger partial charge in [0.05, 0.1) is 5.25 Å². The van der Waals surface area contributed by atoms with E-state index in [4.69, 9.17) is 0 Å². The fourth-order valence-corrected chi connectivity index (χ4v) is 3.85. The van der Waals surface area contributed by atoms with Gasteiger partial charge in [-0.25, -0.2) is 0 Å². The second-order valence-corrected chi connectivity index (χ2v) is 8.30. The lowest BCUT2D eigenvalue weighted by Gasteiger charge is -2.13. The molecule has 0 heterocycles. The Kier molecular flexibility index (Phi) is 14.4. The van der Waals surface area contributed by atoms with E-state index in [1.54, 1.807) is 0 Å². The van der Waals surface area contributed by atoms with Crippen LogP contribution in [0.2, 0.25) is 0 Å². The minimum atomic E-state index is -3.86. The molecule has 0 amide bonds. The van der Waals surface area contributed by atoms with Gasteiger partial charge in [-0.2, -0.15) is 8.42 Å². The van der Waals surface area contributed by atoms with E-state index in [9.17, 15) is 13.0 Å². The van der Waals surface area contributed by atoms with E-state index in [1.165, 1.54) is 51.4 Å². The Hall–Kier alpha value is -0.0900. The van der Waals surface area contributed by atoms with Crippen molar-refractivity contribution in [3.63, 3.8) is 0 Å². The normalized spacial score (nSPS) is 13.4. The smallest absolute Gasteiger partial charge is 0.267 e. The number of hydrogen-bond donors (Lipinski definition) is 1. The zero-order valence-corrected chi connectivity index (χ0v) is 15.7. The van der Waals surface area contributed by atoms with Gasteiger partial charge in [0.25, 0.3) is 10.1 Å². The Morgan fingerprint density at radius 1 is 0.636 bits per heavy atom. The molecule has 0 aromatic carbocycles. The molecule has 0 aliphatic rings. The lowest BCUT2D eigenvalue weighted by atomic mass is 10.0. The van der Waals surface area contributed by atoms with Gasteiger partial charge >= 0.3 is 0 Å². The van der Waals surface area contributed by atoms with Crippen molar-refractivity contribution in [1.29, 1.82) is 0 Å². The summed E-state index contributed by atoms with van der Waals surface area (Å²) in [6.07, 6.45) is 16.8. The second-order valence-electron chi connectivity index (χ2n) is 6.60. The van der Waals surface area contributed by atoms with Crippen LogP contribution in [0.1, 0.15) is 110 Å². The molecule has 1 N–H and O–H groups in total. The Labute approximate surface area is 139 Å². The lowest BCUT2D eigenvalue weighted by molar-refractivity contribution is 0.444. The van der Waals surface area contributed by atoms with E-state index in [0.29, 0.717) is 12.8 Å². The number of hydrogen-bond acceptors (Lipinski definition) is 2. The predicted molar refractivity (Wildman–Crippen MR) is 95.9 cm³/mol. The van der Waals surface area contributed by atoms with Crippen molar-refractivity contribution in [2.45, 2.75) is 115 Å². The highest BCUT2D eigenvalue weighted by molar-refractivity contribution is 7.86. The monoisotopic (exact) mass is 334 g/mol. The lowest BCUT2D eigenvalue weighted by Crippen LogP contribution is -2.20. The van der Waals surface area contributed by atoms with Crippen LogP contribution in [-0.2, 0) is 10.1 Å². The van der Waals surface area contributed by atoms with E-state index >= 15 is 0 Å². The maximum absolute atomic E-state index is 11.4. The molecule has 4 heteroatoms. The van der Waals surface area contributed by atoms with Gasteiger partial charge in [0, 0.05) is 0 Å². The molecule has 22 heavy (non-hydrogen) atoms. The van der Waals surface area contributed by atoms with Crippen LogP contribution in [0.3, 0.4) is 0 Å². The van der Waals surface area contributed by atoms with Crippen LogP contribution in [0, 0.1) is 0 Å². The quantitative estimate of drug-likeness (QED) is 0.273. The second kappa shape index (κ2) is 14.5. The molecule has 1 unspecified atom stereocenters. The fraction of sp³-hybridized carbons (Fsp3) is 1.00. The van der Waals surface area contributed by atoms with Gasteiger partial charge < -0.3 is 0 Å². The topological polar surface area (TPSA) is 54.4 Å². The van der Waals surface area contributed by atoms with Crippen molar-refractivity contribution < 1.29 is 13.0 Å².